The van der Waals surface area contributed by atoms with Gasteiger partial charge in [0.25, 0.3) is 0 Å². The fraction of sp³-hybridized carbons (Fsp3) is 0.375. The maximum absolute atomic E-state index is 11.7. The third-order valence-corrected chi connectivity index (χ3v) is 3.28. The zero-order valence-corrected chi connectivity index (χ0v) is 13.5. The highest BCUT2D eigenvalue weighted by Gasteiger charge is 2.29. The number of ether oxygens (including phenoxy) is 1. The standard InChI is InChI=1S/C16H20N2O6/c1-16(2,18(22)23)10-6-9-13(14(19)20)17-15(21)24-11-12-7-4-3-5-8-12/h3-5,7-9H,6,10-11H2,1-2H3,(H,17,21)(H,19,20)/b13-9+. The fourth-order valence-corrected chi connectivity index (χ4v) is 1.72. The molecule has 8 heteroatoms. The number of allylic oxidation sites excluding steroid dienone is 1. The Hall–Kier alpha value is -2.90. The summed E-state index contributed by atoms with van der Waals surface area (Å²) in [6.45, 7) is 2.90. The zero-order chi connectivity index (χ0) is 18.2. The minimum Gasteiger partial charge on any atom is -0.477 e. The number of carbonyl (C=O) groups excluding carboxylic acids is 1. The van der Waals surface area contributed by atoms with E-state index in [4.69, 9.17) is 9.84 Å². The highest BCUT2D eigenvalue weighted by atomic mass is 16.6. The van der Waals surface area contributed by atoms with E-state index in [-0.39, 0.29) is 25.1 Å². The van der Waals surface area contributed by atoms with Crippen molar-refractivity contribution < 1.29 is 24.4 Å². The number of benzene rings is 1. The van der Waals surface area contributed by atoms with Crippen LogP contribution in [0.4, 0.5) is 4.79 Å². The third-order valence-electron chi connectivity index (χ3n) is 3.28. The summed E-state index contributed by atoms with van der Waals surface area (Å²) < 4.78 is 4.93. The first-order valence-electron chi connectivity index (χ1n) is 7.28. The molecule has 0 spiro atoms. The van der Waals surface area contributed by atoms with Crippen molar-refractivity contribution in [3.63, 3.8) is 0 Å². The number of hydrogen-bond donors (Lipinski definition) is 2. The van der Waals surface area contributed by atoms with Crippen molar-refractivity contribution in [1.29, 1.82) is 0 Å². The summed E-state index contributed by atoms with van der Waals surface area (Å²) in [5.74, 6) is -1.34. The lowest BCUT2D eigenvalue weighted by Gasteiger charge is -2.14. The van der Waals surface area contributed by atoms with Gasteiger partial charge < -0.3 is 9.84 Å². The second kappa shape index (κ2) is 8.66. The zero-order valence-electron chi connectivity index (χ0n) is 13.5. The summed E-state index contributed by atoms with van der Waals surface area (Å²) in [6.07, 6.45) is 0.602. The average Bonchev–Trinajstić information content (AvgIpc) is 2.52. The van der Waals surface area contributed by atoms with E-state index in [1.807, 2.05) is 6.07 Å². The highest BCUT2D eigenvalue weighted by Crippen LogP contribution is 2.16. The average molecular weight is 336 g/mol. The Bertz CT molecular complexity index is 625. The molecular formula is C16H20N2O6. The molecule has 8 nitrogen and oxygen atoms in total. The molecule has 0 heterocycles. The van der Waals surface area contributed by atoms with Crippen molar-refractivity contribution in [2.75, 3.05) is 0 Å². The van der Waals surface area contributed by atoms with Crippen molar-refractivity contribution in [2.45, 2.75) is 38.8 Å². The van der Waals surface area contributed by atoms with Gasteiger partial charge in [-0.25, -0.2) is 9.59 Å². The molecule has 0 saturated carbocycles. The van der Waals surface area contributed by atoms with Gasteiger partial charge in [-0.2, -0.15) is 0 Å². The fourth-order valence-electron chi connectivity index (χ4n) is 1.72. The predicted molar refractivity (Wildman–Crippen MR) is 85.8 cm³/mol. The minimum absolute atomic E-state index is 0.00786. The molecule has 1 amide bonds. The Morgan fingerprint density at radius 3 is 2.50 bits per heavy atom. The van der Waals surface area contributed by atoms with Crippen molar-refractivity contribution >= 4 is 12.1 Å². The van der Waals surface area contributed by atoms with E-state index >= 15 is 0 Å². The van der Waals surface area contributed by atoms with Crippen LogP contribution in [0.1, 0.15) is 32.3 Å². The van der Waals surface area contributed by atoms with Crippen molar-refractivity contribution in [3.05, 3.63) is 57.8 Å². The van der Waals surface area contributed by atoms with Crippen LogP contribution < -0.4 is 5.32 Å². The van der Waals surface area contributed by atoms with Gasteiger partial charge in [-0.1, -0.05) is 36.4 Å². The van der Waals surface area contributed by atoms with E-state index in [0.717, 1.165) is 5.56 Å². The van der Waals surface area contributed by atoms with Gasteiger partial charge in [0.2, 0.25) is 5.54 Å². The number of rotatable bonds is 8. The van der Waals surface area contributed by atoms with Crippen LogP contribution in [-0.4, -0.2) is 27.6 Å². The molecule has 0 unspecified atom stereocenters. The third kappa shape index (κ3) is 6.47. The minimum atomic E-state index is -1.34. The van der Waals surface area contributed by atoms with Gasteiger partial charge in [-0.3, -0.25) is 15.4 Å². The number of amides is 1. The first kappa shape index (κ1) is 19.1. The number of carboxylic acids is 1. The van der Waals surface area contributed by atoms with Gasteiger partial charge in [-0.15, -0.1) is 0 Å². The highest BCUT2D eigenvalue weighted by molar-refractivity contribution is 5.90. The van der Waals surface area contributed by atoms with Gasteiger partial charge in [0.05, 0.1) is 0 Å². The van der Waals surface area contributed by atoms with Crippen LogP contribution in [0.3, 0.4) is 0 Å². The molecule has 0 aliphatic rings. The Morgan fingerprint density at radius 2 is 1.96 bits per heavy atom. The Morgan fingerprint density at radius 1 is 1.33 bits per heavy atom. The number of aliphatic carboxylic acids is 1. The second-order valence-corrected chi connectivity index (χ2v) is 5.72. The van der Waals surface area contributed by atoms with Gasteiger partial charge >= 0.3 is 12.1 Å². The first-order chi connectivity index (χ1) is 11.2. The summed E-state index contributed by atoms with van der Waals surface area (Å²) in [7, 11) is 0. The van der Waals surface area contributed by atoms with Gasteiger partial charge in [-0.05, 0) is 12.0 Å². The molecule has 0 atom stereocenters. The number of nitrogens with one attached hydrogen (secondary N) is 1. The molecule has 1 aromatic carbocycles. The molecule has 0 aromatic heterocycles. The molecule has 0 fully saturated rings. The monoisotopic (exact) mass is 336 g/mol. The molecule has 0 radical (unpaired) electrons. The molecule has 1 rings (SSSR count). The van der Waals surface area contributed by atoms with Crippen LogP contribution in [0.5, 0.6) is 0 Å². The van der Waals surface area contributed by atoms with Crippen LogP contribution in [-0.2, 0) is 16.1 Å². The smallest absolute Gasteiger partial charge is 0.412 e. The topological polar surface area (TPSA) is 119 Å². The van der Waals surface area contributed by atoms with Gasteiger partial charge in [0, 0.05) is 25.2 Å². The Kier molecular flexibility index (Phi) is 6.91. The van der Waals surface area contributed by atoms with E-state index in [1.54, 1.807) is 24.3 Å². The van der Waals surface area contributed by atoms with E-state index in [9.17, 15) is 19.7 Å². The van der Waals surface area contributed by atoms with Gasteiger partial charge in [0.15, 0.2) is 0 Å². The number of hydrogen-bond acceptors (Lipinski definition) is 5. The number of nitro groups is 1. The van der Waals surface area contributed by atoms with Crippen molar-refractivity contribution in [2.24, 2.45) is 0 Å². The van der Waals surface area contributed by atoms with E-state index in [2.05, 4.69) is 5.32 Å². The van der Waals surface area contributed by atoms with E-state index in [0.29, 0.717) is 0 Å². The van der Waals surface area contributed by atoms with Gasteiger partial charge in [0.1, 0.15) is 12.3 Å². The number of nitrogens with zero attached hydrogens (tertiary/aromatic N) is 1. The van der Waals surface area contributed by atoms with E-state index in [1.165, 1.54) is 19.9 Å². The summed E-state index contributed by atoms with van der Waals surface area (Å²) >= 11 is 0. The number of carboxylic acid groups (broad SMARTS) is 1. The lowest BCUT2D eigenvalue weighted by molar-refractivity contribution is -0.561. The summed E-state index contributed by atoms with van der Waals surface area (Å²) in [4.78, 5) is 33.2. The predicted octanol–water partition coefficient (Wildman–Crippen LogP) is 2.72. The lowest BCUT2D eigenvalue weighted by Crippen LogP contribution is -2.31. The van der Waals surface area contributed by atoms with Crippen molar-refractivity contribution in [1.82, 2.24) is 5.32 Å². The molecule has 24 heavy (non-hydrogen) atoms. The molecule has 0 aliphatic carbocycles. The second-order valence-electron chi connectivity index (χ2n) is 5.72. The Balaban J connectivity index is 2.55. The van der Waals surface area contributed by atoms with E-state index < -0.39 is 22.5 Å². The maximum Gasteiger partial charge on any atom is 0.412 e. The molecule has 0 aliphatic heterocycles. The van der Waals surface area contributed by atoms with Crippen LogP contribution in [0, 0.1) is 10.1 Å². The summed E-state index contributed by atoms with van der Waals surface area (Å²) in [5.41, 5.74) is -0.776. The Labute approximate surface area is 139 Å². The SMILES string of the molecule is CC(C)(CC/C=C(/NC(=O)OCc1ccccc1)C(=O)O)[N+](=O)[O-]. The van der Waals surface area contributed by atoms with Crippen LogP contribution in [0.25, 0.3) is 0 Å². The summed E-state index contributed by atoms with van der Waals surface area (Å²) in [6, 6.07) is 8.93. The number of carbonyl (C=O) groups is 2. The largest absolute Gasteiger partial charge is 0.477 e. The molecule has 130 valence electrons. The maximum atomic E-state index is 11.7. The molecule has 0 bridgehead atoms. The lowest BCUT2D eigenvalue weighted by atomic mass is 9.99. The summed E-state index contributed by atoms with van der Waals surface area (Å²) in [5, 5.41) is 22.0. The molecule has 2 N–H and O–H groups in total. The van der Waals surface area contributed by atoms with Crippen LogP contribution in [0.15, 0.2) is 42.1 Å². The first-order valence-corrected chi connectivity index (χ1v) is 7.28. The molecule has 0 saturated heterocycles. The quantitative estimate of drug-likeness (QED) is 0.428. The molecular weight excluding hydrogens is 316 g/mol. The normalized spacial score (nSPS) is 11.7. The van der Waals surface area contributed by atoms with Crippen LogP contribution in [0.2, 0.25) is 0 Å². The molecule has 1 aromatic rings. The number of alkyl carbamates (subject to hydrolysis) is 1. The van der Waals surface area contributed by atoms with Crippen LogP contribution >= 0.6 is 0 Å². The van der Waals surface area contributed by atoms with Crippen molar-refractivity contribution in [3.8, 4) is 0 Å².